The Morgan fingerprint density at radius 3 is 2.63 bits per heavy atom. The lowest BCUT2D eigenvalue weighted by Gasteiger charge is -2.18. The number of benzene rings is 1. The first-order valence-electron chi connectivity index (χ1n) is 5.93. The Hall–Kier alpha value is -2.54. The largest absolute Gasteiger partial charge is 0.497 e. The highest BCUT2D eigenvalue weighted by atomic mass is 16.5. The number of anilines is 1. The third-order valence-corrected chi connectivity index (χ3v) is 2.84. The Kier molecular flexibility index (Phi) is 3.99. The maximum absolute atomic E-state index is 8.88. The summed E-state index contributed by atoms with van der Waals surface area (Å²) in [6.45, 7) is 0.728. The molecule has 0 saturated heterocycles. The molecule has 96 valence electrons. The van der Waals surface area contributed by atoms with Crippen LogP contribution >= 0.6 is 0 Å². The van der Waals surface area contributed by atoms with Crippen molar-refractivity contribution in [2.24, 2.45) is 0 Å². The fourth-order valence-electron chi connectivity index (χ4n) is 1.78. The number of ether oxygens (including phenoxy) is 1. The normalized spacial score (nSPS) is 9.74. The number of hydrogen-bond donors (Lipinski definition) is 0. The molecule has 0 N–H and O–H groups in total. The molecular weight excluding hydrogens is 238 g/mol. The van der Waals surface area contributed by atoms with E-state index in [1.54, 1.807) is 25.4 Å². The standard InChI is InChI=1S/C15H15N3O/c1-18(15-9-13(10-16)7-8-17-15)11-12-3-5-14(19-2)6-4-12/h3-9H,11H2,1-2H3. The van der Waals surface area contributed by atoms with Gasteiger partial charge in [-0.1, -0.05) is 12.1 Å². The molecule has 2 aromatic rings. The van der Waals surface area contributed by atoms with Crippen molar-refractivity contribution in [3.05, 3.63) is 53.7 Å². The van der Waals surface area contributed by atoms with Gasteiger partial charge in [0.2, 0.25) is 0 Å². The minimum Gasteiger partial charge on any atom is -0.497 e. The highest BCUT2D eigenvalue weighted by molar-refractivity contribution is 5.45. The quantitative estimate of drug-likeness (QED) is 0.840. The molecule has 0 unspecified atom stereocenters. The summed E-state index contributed by atoms with van der Waals surface area (Å²) in [5.41, 5.74) is 1.78. The molecule has 0 bridgehead atoms. The molecule has 0 aliphatic carbocycles. The third kappa shape index (κ3) is 3.23. The average Bonchev–Trinajstić information content (AvgIpc) is 2.48. The molecule has 2 rings (SSSR count). The van der Waals surface area contributed by atoms with Gasteiger partial charge < -0.3 is 9.64 Å². The fourth-order valence-corrected chi connectivity index (χ4v) is 1.78. The summed E-state index contributed by atoms with van der Waals surface area (Å²) >= 11 is 0. The van der Waals surface area contributed by atoms with E-state index in [4.69, 9.17) is 10.00 Å². The van der Waals surface area contributed by atoms with Gasteiger partial charge in [0.15, 0.2) is 0 Å². The van der Waals surface area contributed by atoms with Crippen molar-refractivity contribution in [2.45, 2.75) is 6.54 Å². The second-order valence-corrected chi connectivity index (χ2v) is 4.22. The SMILES string of the molecule is COc1ccc(CN(C)c2cc(C#N)ccn2)cc1. The van der Waals surface area contributed by atoms with Crippen LogP contribution in [0.2, 0.25) is 0 Å². The van der Waals surface area contributed by atoms with E-state index in [2.05, 4.69) is 11.1 Å². The molecule has 1 aromatic heterocycles. The van der Waals surface area contributed by atoms with Gasteiger partial charge in [-0.05, 0) is 29.8 Å². The second kappa shape index (κ2) is 5.87. The Balaban J connectivity index is 2.11. The number of nitrogens with zero attached hydrogens (tertiary/aromatic N) is 3. The van der Waals surface area contributed by atoms with Crippen molar-refractivity contribution in [3.63, 3.8) is 0 Å². The van der Waals surface area contributed by atoms with E-state index in [1.165, 1.54) is 0 Å². The first-order chi connectivity index (χ1) is 9.22. The van der Waals surface area contributed by atoms with Crippen molar-refractivity contribution >= 4 is 5.82 Å². The predicted molar refractivity (Wildman–Crippen MR) is 74.1 cm³/mol. The van der Waals surface area contributed by atoms with Crippen LogP contribution in [-0.4, -0.2) is 19.1 Å². The zero-order valence-corrected chi connectivity index (χ0v) is 11.0. The van der Waals surface area contributed by atoms with Crippen LogP contribution in [0.1, 0.15) is 11.1 Å². The van der Waals surface area contributed by atoms with Gasteiger partial charge in [-0.25, -0.2) is 4.98 Å². The lowest BCUT2D eigenvalue weighted by molar-refractivity contribution is 0.414. The summed E-state index contributed by atoms with van der Waals surface area (Å²) in [6, 6.07) is 13.5. The Bertz CT molecular complexity index is 587. The summed E-state index contributed by atoms with van der Waals surface area (Å²) in [7, 11) is 3.60. The number of aromatic nitrogens is 1. The van der Waals surface area contributed by atoms with Gasteiger partial charge >= 0.3 is 0 Å². The van der Waals surface area contributed by atoms with E-state index < -0.39 is 0 Å². The fraction of sp³-hybridized carbons (Fsp3) is 0.200. The van der Waals surface area contributed by atoms with Crippen molar-refractivity contribution in [2.75, 3.05) is 19.1 Å². The van der Waals surface area contributed by atoms with Gasteiger partial charge in [0.1, 0.15) is 11.6 Å². The van der Waals surface area contributed by atoms with Crippen LogP contribution in [0, 0.1) is 11.3 Å². The lowest BCUT2D eigenvalue weighted by Crippen LogP contribution is -2.17. The Labute approximate surface area is 112 Å². The van der Waals surface area contributed by atoms with Crippen molar-refractivity contribution < 1.29 is 4.74 Å². The number of hydrogen-bond acceptors (Lipinski definition) is 4. The van der Waals surface area contributed by atoms with Gasteiger partial charge in [-0.15, -0.1) is 0 Å². The molecule has 0 atom stereocenters. The third-order valence-electron chi connectivity index (χ3n) is 2.84. The first kappa shape index (κ1) is 12.9. The van der Waals surface area contributed by atoms with Gasteiger partial charge in [-0.2, -0.15) is 5.26 Å². The molecular formula is C15H15N3O. The van der Waals surface area contributed by atoms with E-state index in [1.807, 2.05) is 36.2 Å². The van der Waals surface area contributed by atoms with Crippen LogP contribution in [0.25, 0.3) is 0 Å². The summed E-state index contributed by atoms with van der Waals surface area (Å²) in [5.74, 6) is 1.63. The molecule has 0 amide bonds. The van der Waals surface area contributed by atoms with Crippen LogP contribution in [0.3, 0.4) is 0 Å². The molecule has 0 aliphatic rings. The zero-order chi connectivity index (χ0) is 13.7. The Morgan fingerprint density at radius 1 is 1.26 bits per heavy atom. The number of nitriles is 1. The number of rotatable bonds is 4. The lowest BCUT2D eigenvalue weighted by atomic mass is 10.2. The molecule has 0 fully saturated rings. The van der Waals surface area contributed by atoms with Crippen LogP contribution in [0.5, 0.6) is 5.75 Å². The molecule has 1 aromatic carbocycles. The van der Waals surface area contributed by atoms with E-state index >= 15 is 0 Å². The summed E-state index contributed by atoms with van der Waals surface area (Å²) in [5, 5.41) is 8.88. The summed E-state index contributed by atoms with van der Waals surface area (Å²) < 4.78 is 5.13. The van der Waals surface area contributed by atoms with Crippen LogP contribution < -0.4 is 9.64 Å². The zero-order valence-electron chi connectivity index (χ0n) is 11.0. The molecule has 0 radical (unpaired) electrons. The molecule has 4 nitrogen and oxygen atoms in total. The van der Waals surface area contributed by atoms with Crippen molar-refractivity contribution in [3.8, 4) is 11.8 Å². The van der Waals surface area contributed by atoms with Gasteiger partial charge in [0.25, 0.3) is 0 Å². The number of pyridine rings is 1. The van der Waals surface area contributed by atoms with Crippen molar-refractivity contribution in [1.82, 2.24) is 4.98 Å². The monoisotopic (exact) mass is 253 g/mol. The predicted octanol–water partition coefficient (Wildman–Crippen LogP) is 2.60. The molecule has 1 heterocycles. The van der Waals surface area contributed by atoms with E-state index in [9.17, 15) is 0 Å². The minimum atomic E-state index is 0.617. The molecule has 4 heteroatoms. The van der Waals surface area contributed by atoms with Gasteiger partial charge in [0, 0.05) is 19.8 Å². The molecule has 0 saturated carbocycles. The summed E-state index contributed by atoms with van der Waals surface area (Å²) in [6.07, 6.45) is 1.65. The van der Waals surface area contributed by atoms with E-state index in [0.29, 0.717) is 5.56 Å². The molecule has 19 heavy (non-hydrogen) atoms. The highest BCUT2D eigenvalue weighted by Crippen LogP contribution is 2.16. The van der Waals surface area contributed by atoms with E-state index in [-0.39, 0.29) is 0 Å². The van der Waals surface area contributed by atoms with Crippen molar-refractivity contribution in [1.29, 1.82) is 5.26 Å². The van der Waals surface area contributed by atoms with Crippen LogP contribution in [0.4, 0.5) is 5.82 Å². The minimum absolute atomic E-state index is 0.617. The smallest absolute Gasteiger partial charge is 0.129 e. The highest BCUT2D eigenvalue weighted by Gasteiger charge is 2.04. The Morgan fingerprint density at radius 2 is 2.00 bits per heavy atom. The van der Waals surface area contributed by atoms with Gasteiger partial charge in [0.05, 0.1) is 18.7 Å². The maximum atomic E-state index is 8.88. The first-order valence-corrected chi connectivity index (χ1v) is 5.93. The molecule has 0 aliphatic heterocycles. The van der Waals surface area contributed by atoms with Crippen LogP contribution in [-0.2, 0) is 6.54 Å². The topological polar surface area (TPSA) is 49.1 Å². The van der Waals surface area contributed by atoms with E-state index in [0.717, 1.165) is 23.7 Å². The van der Waals surface area contributed by atoms with Gasteiger partial charge in [-0.3, -0.25) is 0 Å². The average molecular weight is 253 g/mol. The second-order valence-electron chi connectivity index (χ2n) is 4.22. The maximum Gasteiger partial charge on any atom is 0.129 e. The molecule has 0 spiro atoms. The summed E-state index contributed by atoms with van der Waals surface area (Å²) in [4.78, 5) is 6.27. The van der Waals surface area contributed by atoms with Crippen LogP contribution in [0.15, 0.2) is 42.6 Å². The number of methoxy groups -OCH3 is 1.